The molecule has 0 bridgehead atoms. The van der Waals surface area contributed by atoms with Crippen LogP contribution in [0.2, 0.25) is 5.02 Å². The van der Waals surface area contributed by atoms with Crippen LogP contribution >= 0.6 is 11.6 Å². The van der Waals surface area contributed by atoms with E-state index in [1.807, 2.05) is 42.5 Å². The summed E-state index contributed by atoms with van der Waals surface area (Å²) >= 11 is 6.07. The van der Waals surface area contributed by atoms with Gasteiger partial charge >= 0.3 is 0 Å². The van der Waals surface area contributed by atoms with Gasteiger partial charge < -0.3 is 14.7 Å². The molecule has 2 aromatic rings. The zero-order valence-corrected chi connectivity index (χ0v) is 14.6. The maximum Gasteiger partial charge on any atom is 0.118 e. The minimum Gasteiger partial charge on any atom is -0.497 e. The number of methoxy groups -OCH3 is 1. The van der Waals surface area contributed by atoms with E-state index in [0.717, 1.165) is 48.2 Å². The summed E-state index contributed by atoms with van der Waals surface area (Å²) in [6.45, 7) is 4.39. The van der Waals surface area contributed by atoms with Gasteiger partial charge in [-0.1, -0.05) is 29.8 Å². The number of halogens is 1. The van der Waals surface area contributed by atoms with Gasteiger partial charge in [0.1, 0.15) is 5.75 Å². The second-order valence-corrected chi connectivity index (χ2v) is 6.49. The van der Waals surface area contributed by atoms with Gasteiger partial charge in [-0.3, -0.25) is 4.90 Å². The summed E-state index contributed by atoms with van der Waals surface area (Å²) in [6, 6.07) is 15.6. The predicted octanol–water partition coefficient (Wildman–Crippen LogP) is 3.20. The summed E-state index contributed by atoms with van der Waals surface area (Å²) in [5, 5.41) is 11.2. The van der Waals surface area contributed by atoms with Crippen LogP contribution < -0.4 is 9.64 Å². The Kier molecular flexibility index (Phi) is 5.61. The summed E-state index contributed by atoms with van der Waals surface area (Å²) in [6.07, 6.45) is -0.478. The molecule has 128 valence electrons. The Balaban J connectivity index is 1.53. The Labute approximate surface area is 148 Å². The molecule has 0 aromatic heterocycles. The van der Waals surface area contributed by atoms with E-state index in [1.54, 1.807) is 7.11 Å². The number of hydrogen-bond acceptors (Lipinski definition) is 4. The van der Waals surface area contributed by atoms with Crippen molar-refractivity contribution in [3.63, 3.8) is 0 Å². The predicted molar refractivity (Wildman–Crippen MR) is 98.1 cm³/mol. The molecule has 1 atom stereocenters. The first-order valence-corrected chi connectivity index (χ1v) is 8.58. The van der Waals surface area contributed by atoms with Crippen LogP contribution in [0.15, 0.2) is 48.5 Å². The molecule has 4 nitrogen and oxygen atoms in total. The molecular formula is C19H23ClN2O2. The Morgan fingerprint density at radius 1 is 1.08 bits per heavy atom. The molecule has 0 radical (unpaired) electrons. The van der Waals surface area contributed by atoms with Gasteiger partial charge in [0, 0.05) is 43.4 Å². The summed E-state index contributed by atoms with van der Waals surface area (Å²) in [5.41, 5.74) is 2.09. The minimum atomic E-state index is -0.478. The molecule has 1 saturated heterocycles. The lowest BCUT2D eigenvalue weighted by atomic mass is 10.1. The van der Waals surface area contributed by atoms with Crippen molar-refractivity contribution in [1.29, 1.82) is 0 Å². The molecule has 0 spiro atoms. The van der Waals surface area contributed by atoms with E-state index in [-0.39, 0.29) is 0 Å². The molecule has 0 amide bonds. The monoisotopic (exact) mass is 346 g/mol. The van der Waals surface area contributed by atoms with Gasteiger partial charge in [0.25, 0.3) is 0 Å². The molecule has 0 saturated carbocycles. The van der Waals surface area contributed by atoms with Crippen molar-refractivity contribution in [3.05, 3.63) is 59.1 Å². The van der Waals surface area contributed by atoms with Crippen molar-refractivity contribution in [1.82, 2.24) is 4.90 Å². The highest BCUT2D eigenvalue weighted by atomic mass is 35.5. The van der Waals surface area contributed by atoms with Crippen molar-refractivity contribution in [3.8, 4) is 5.75 Å². The fraction of sp³-hybridized carbons (Fsp3) is 0.368. The first-order chi connectivity index (χ1) is 11.7. The van der Waals surface area contributed by atoms with Crippen molar-refractivity contribution in [2.45, 2.75) is 6.10 Å². The first kappa shape index (κ1) is 17.1. The number of hydrogen-bond donors (Lipinski definition) is 1. The smallest absolute Gasteiger partial charge is 0.118 e. The highest BCUT2D eigenvalue weighted by molar-refractivity contribution is 6.30. The van der Waals surface area contributed by atoms with E-state index in [2.05, 4.69) is 15.9 Å². The zero-order chi connectivity index (χ0) is 16.9. The van der Waals surface area contributed by atoms with E-state index < -0.39 is 6.10 Å². The first-order valence-electron chi connectivity index (χ1n) is 8.20. The van der Waals surface area contributed by atoms with Gasteiger partial charge in [0.2, 0.25) is 0 Å². The Morgan fingerprint density at radius 2 is 1.79 bits per heavy atom. The number of ether oxygens (including phenoxy) is 1. The number of rotatable bonds is 5. The van der Waals surface area contributed by atoms with E-state index >= 15 is 0 Å². The van der Waals surface area contributed by atoms with Crippen LogP contribution in [-0.2, 0) is 0 Å². The van der Waals surface area contributed by atoms with Crippen LogP contribution in [0.5, 0.6) is 5.75 Å². The van der Waals surface area contributed by atoms with Gasteiger partial charge in [0.05, 0.1) is 13.2 Å². The third-order valence-corrected chi connectivity index (χ3v) is 4.71. The molecule has 3 rings (SSSR count). The second-order valence-electron chi connectivity index (χ2n) is 6.06. The van der Waals surface area contributed by atoms with Crippen LogP contribution in [0.1, 0.15) is 11.7 Å². The van der Waals surface area contributed by atoms with Gasteiger partial charge in [-0.25, -0.2) is 0 Å². The number of aliphatic hydroxyl groups is 1. The molecule has 2 aromatic carbocycles. The lowest BCUT2D eigenvalue weighted by molar-refractivity contribution is 0.109. The molecule has 1 fully saturated rings. The van der Waals surface area contributed by atoms with Crippen molar-refractivity contribution in [2.24, 2.45) is 0 Å². The average molecular weight is 347 g/mol. The van der Waals surface area contributed by atoms with Crippen molar-refractivity contribution in [2.75, 3.05) is 44.7 Å². The quantitative estimate of drug-likeness (QED) is 0.902. The second kappa shape index (κ2) is 7.88. The minimum absolute atomic E-state index is 0.478. The Morgan fingerprint density at radius 3 is 2.42 bits per heavy atom. The molecule has 1 aliphatic heterocycles. The fourth-order valence-corrected chi connectivity index (χ4v) is 3.22. The van der Waals surface area contributed by atoms with Crippen LogP contribution in [-0.4, -0.2) is 49.8 Å². The third-order valence-electron chi connectivity index (χ3n) is 4.48. The van der Waals surface area contributed by atoms with Gasteiger partial charge in [-0.2, -0.15) is 0 Å². The van der Waals surface area contributed by atoms with Crippen LogP contribution in [0, 0.1) is 0 Å². The van der Waals surface area contributed by atoms with Crippen molar-refractivity contribution >= 4 is 17.3 Å². The summed E-state index contributed by atoms with van der Waals surface area (Å²) < 4.78 is 5.15. The molecule has 0 aliphatic carbocycles. The van der Waals surface area contributed by atoms with Crippen LogP contribution in [0.3, 0.4) is 0 Å². The maximum atomic E-state index is 10.4. The highest BCUT2D eigenvalue weighted by Crippen LogP contribution is 2.22. The molecule has 24 heavy (non-hydrogen) atoms. The SMILES string of the molecule is COc1ccc(C(O)CN2CCN(c3cccc(Cl)c3)CC2)cc1. The van der Waals surface area contributed by atoms with Crippen molar-refractivity contribution < 1.29 is 9.84 Å². The number of nitrogens with zero attached hydrogens (tertiary/aromatic N) is 2. The number of β-amino-alcohol motifs (C(OH)–C–C–N with tert-alkyl or cyclic N) is 1. The molecule has 1 N–H and O–H groups in total. The Bertz CT molecular complexity index is 655. The average Bonchev–Trinajstić information content (AvgIpc) is 2.62. The van der Waals surface area contributed by atoms with Gasteiger partial charge in [-0.05, 0) is 35.9 Å². The topological polar surface area (TPSA) is 35.9 Å². The normalized spacial score (nSPS) is 16.9. The lowest BCUT2D eigenvalue weighted by Crippen LogP contribution is -2.47. The standard InChI is InChI=1S/C19H23ClN2O2/c1-24-18-7-5-15(6-8-18)19(23)14-21-9-11-22(12-10-21)17-4-2-3-16(20)13-17/h2-8,13,19,23H,9-12,14H2,1H3. The van der Waals surface area contributed by atoms with Crippen LogP contribution in [0.4, 0.5) is 5.69 Å². The number of piperazine rings is 1. The Hall–Kier alpha value is -1.75. The molecular weight excluding hydrogens is 324 g/mol. The van der Waals surface area contributed by atoms with E-state index in [0.29, 0.717) is 6.54 Å². The fourth-order valence-electron chi connectivity index (χ4n) is 3.04. The molecule has 1 unspecified atom stereocenters. The molecule has 1 aliphatic rings. The van der Waals surface area contributed by atoms with Crippen LogP contribution in [0.25, 0.3) is 0 Å². The van der Waals surface area contributed by atoms with E-state index in [4.69, 9.17) is 16.3 Å². The number of anilines is 1. The molecule has 1 heterocycles. The molecule has 5 heteroatoms. The van der Waals surface area contributed by atoms with E-state index in [1.165, 1.54) is 0 Å². The van der Waals surface area contributed by atoms with Gasteiger partial charge in [0.15, 0.2) is 0 Å². The van der Waals surface area contributed by atoms with E-state index in [9.17, 15) is 5.11 Å². The number of benzene rings is 2. The summed E-state index contributed by atoms with van der Waals surface area (Å²) in [5.74, 6) is 0.807. The zero-order valence-electron chi connectivity index (χ0n) is 13.9. The largest absolute Gasteiger partial charge is 0.497 e. The summed E-state index contributed by atoms with van der Waals surface area (Å²) in [7, 11) is 1.64. The highest BCUT2D eigenvalue weighted by Gasteiger charge is 2.20. The third kappa shape index (κ3) is 4.20. The van der Waals surface area contributed by atoms with Gasteiger partial charge in [-0.15, -0.1) is 0 Å². The number of aliphatic hydroxyl groups excluding tert-OH is 1. The maximum absolute atomic E-state index is 10.4. The lowest BCUT2D eigenvalue weighted by Gasteiger charge is -2.37. The summed E-state index contributed by atoms with van der Waals surface area (Å²) in [4.78, 5) is 4.64.